The van der Waals surface area contributed by atoms with E-state index in [1.807, 2.05) is 20.8 Å². The van der Waals surface area contributed by atoms with Crippen molar-refractivity contribution in [2.45, 2.75) is 26.4 Å². The van der Waals surface area contributed by atoms with Crippen molar-refractivity contribution in [2.24, 2.45) is 0 Å². The summed E-state index contributed by atoms with van der Waals surface area (Å²) >= 11 is 0. The summed E-state index contributed by atoms with van der Waals surface area (Å²) in [5, 5.41) is 2.89. The van der Waals surface area contributed by atoms with Crippen LogP contribution in [0.15, 0.2) is 0 Å². The number of carbonyl (C=O) groups excluding carboxylic acids is 1. The molecule has 0 aromatic carbocycles. The van der Waals surface area contributed by atoms with Crippen LogP contribution in [0, 0.1) is 0 Å². The van der Waals surface area contributed by atoms with Gasteiger partial charge in [-0.2, -0.15) is 0 Å². The predicted molar refractivity (Wildman–Crippen MR) is 72.7 cm³/mol. The van der Waals surface area contributed by atoms with Gasteiger partial charge in [0.25, 0.3) is 0 Å². The molecule has 0 spiro atoms. The van der Waals surface area contributed by atoms with Crippen LogP contribution in [0.1, 0.15) is 20.8 Å². The van der Waals surface area contributed by atoms with Gasteiger partial charge in [0.15, 0.2) is 0 Å². The largest absolute Gasteiger partial charge is 0.366 e. The van der Waals surface area contributed by atoms with Gasteiger partial charge >= 0.3 is 0 Å². The molecule has 18 heavy (non-hydrogen) atoms. The first-order valence-electron chi connectivity index (χ1n) is 6.68. The Hall–Kier alpha value is -0.650. The Morgan fingerprint density at radius 2 is 1.83 bits per heavy atom. The van der Waals surface area contributed by atoms with Crippen LogP contribution in [0.2, 0.25) is 0 Å². The zero-order valence-electron chi connectivity index (χ0n) is 12.2. The summed E-state index contributed by atoms with van der Waals surface area (Å²) in [6.07, 6.45) is 0. The van der Waals surface area contributed by atoms with Gasteiger partial charge in [-0.3, -0.25) is 9.69 Å². The van der Waals surface area contributed by atoms with Crippen LogP contribution >= 0.6 is 0 Å². The average molecular weight is 257 g/mol. The van der Waals surface area contributed by atoms with Crippen molar-refractivity contribution >= 4 is 5.91 Å². The molecule has 1 rings (SSSR count). The van der Waals surface area contributed by atoms with Crippen molar-refractivity contribution in [2.75, 3.05) is 52.9 Å². The summed E-state index contributed by atoms with van der Waals surface area (Å²) in [6, 6.07) is 0. The Morgan fingerprint density at radius 1 is 1.22 bits per heavy atom. The number of ether oxygens (including phenoxy) is 1. The minimum Gasteiger partial charge on any atom is -0.366 e. The van der Waals surface area contributed by atoms with Crippen molar-refractivity contribution in [3.05, 3.63) is 0 Å². The molecule has 0 bridgehead atoms. The number of hydrogen-bond acceptors (Lipinski definition) is 4. The SMILES string of the molecule is CN1CCN(CCNC(=O)COC(C)(C)C)CC1. The molecule has 0 atom stereocenters. The third-order valence-corrected chi connectivity index (χ3v) is 2.98. The van der Waals surface area contributed by atoms with Gasteiger partial charge in [-0.1, -0.05) is 0 Å². The van der Waals surface area contributed by atoms with Crippen LogP contribution < -0.4 is 5.32 Å². The molecule has 0 aromatic rings. The summed E-state index contributed by atoms with van der Waals surface area (Å²) < 4.78 is 5.42. The van der Waals surface area contributed by atoms with Gasteiger partial charge in [0, 0.05) is 39.3 Å². The van der Waals surface area contributed by atoms with Crippen LogP contribution in [-0.4, -0.2) is 74.2 Å². The second kappa shape index (κ2) is 7.07. The summed E-state index contributed by atoms with van der Waals surface area (Å²) in [6.45, 7) is 12.0. The molecule has 1 amide bonds. The zero-order valence-corrected chi connectivity index (χ0v) is 12.2. The molecule has 1 aliphatic rings. The highest BCUT2D eigenvalue weighted by Gasteiger charge is 2.14. The molecule has 5 heteroatoms. The number of amides is 1. The number of nitrogens with zero attached hydrogens (tertiary/aromatic N) is 2. The van der Waals surface area contributed by atoms with E-state index in [2.05, 4.69) is 22.2 Å². The Bertz CT molecular complexity index is 255. The van der Waals surface area contributed by atoms with Crippen molar-refractivity contribution < 1.29 is 9.53 Å². The third kappa shape index (κ3) is 6.93. The maximum atomic E-state index is 11.5. The maximum Gasteiger partial charge on any atom is 0.246 e. The predicted octanol–water partition coefficient (Wildman–Crippen LogP) is 0.165. The lowest BCUT2D eigenvalue weighted by atomic mass is 10.2. The third-order valence-electron chi connectivity index (χ3n) is 2.98. The Labute approximate surface area is 110 Å². The second-order valence-corrected chi connectivity index (χ2v) is 5.90. The van der Waals surface area contributed by atoms with Gasteiger partial charge in [-0.25, -0.2) is 0 Å². The summed E-state index contributed by atoms with van der Waals surface area (Å²) in [7, 11) is 2.14. The Morgan fingerprint density at radius 3 is 2.39 bits per heavy atom. The highest BCUT2D eigenvalue weighted by Crippen LogP contribution is 2.05. The van der Waals surface area contributed by atoms with E-state index in [-0.39, 0.29) is 18.1 Å². The number of piperazine rings is 1. The van der Waals surface area contributed by atoms with Crippen molar-refractivity contribution in [3.63, 3.8) is 0 Å². The van der Waals surface area contributed by atoms with E-state index in [1.54, 1.807) is 0 Å². The normalized spacial score (nSPS) is 18.9. The van der Waals surface area contributed by atoms with E-state index in [0.717, 1.165) is 32.7 Å². The summed E-state index contributed by atoms with van der Waals surface area (Å²) in [5.74, 6) is -0.0287. The minimum absolute atomic E-state index is 0.0287. The van der Waals surface area contributed by atoms with Gasteiger partial charge in [0.2, 0.25) is 5.91 Å². The maximum absolute atomic E-state index is 11.5. The summed E-state index contributed by atoms with van der Waals surface area (Å²) in [4.78, 5) is 16.2. The average Bonchev–Trinajstić information content (AvgIpc) is 2.28. The molecule has 1 saturated heterocycles. The number of nitrogens with one attached hydrogen (secondary N) is 1. The van der Waals surface area contributed by atoms with E-state index < -0.39 is 0 Å². The van der Waals surface area contributed by atoms with E-state index >= 15 is 0 Å². The van der Waals surface area contributed by atoms with Crippen LogP contribution in [-0.2, 0) is 9.53 Å². The number of likely N-dealkylation sites (N-methyl/N-ethyl adjacent to an activating group) is 1. The molecule has 0 saturated carbocycles. The lowest BCUT2D eigenvalue weighted by Gasteiger charge is -2.32. The van der Waals surface area contributed by atoms with Crippen LogP contribution in [0.25, 0.3) is 0 Å². The van der Waals surface area contributed by atoms with E-state index in [9.17, 15) is 4.79 Å². The first-order valence-corrected chi connectivity index (χ1v) is 6.68. The molecule has 0 radical (unpaired) electrons. The molecule has 0 unspecified atom stereocenters. The van der Waals surface area contributed by atoms with E-state index in [1.165, 1.54) is 0 Å². The quantitative estimate of drug-likeness (QED) is 0.762. The van der Waals surface area contributed by atoms with Gasteiger partial charge in [0.1, 0.15) is 6.61 Å². The fraction of sp³-hybridized carbons (Fsp3) is 0.923. The molecular formula is C13H27N3O2. The fourth-order valence-corrected chi connectivity index (χ4v) is 1.76. The van der Waals surface area contributed by atoms with Gasteiger partial charge in [0.05, 0.1) is 5.60 Å². The van der Waals surface area contributed by atoms with E-state index in [0.29, 0.717) is 6.54 Å². The second-order valence-electron chi connectivity index (χ2n) is 5.90. The van der Waals surface area contributed by atoms with Crippen molar-refractivity contribution in [3.8, 4) is 0 Å². The summed E-state index contributed by atoms with van der Waals surface area (Å²) in [5.41, 5.74) is -0.255. The number of rotatable bonds is 5. The van der Waals surface area contributed by atoms with Crippen molar-refractivity contribution in [1.29, 1.82) is 0 Å². The molecule has 0 aromatic heterocycles. The van der Waals surface area contributed by atoms with E-state index in [4.69, 9.17) is 4.74 Å². The van der Waals surface area contributed by atoms with Crippen LogP contribution in [0.5, 0.6) is 0 Å². The number of carbonyl (C=O) groups is 1. The zero-order chi connectivity index (χ0) is 13.6. The highest BCUT2D eigenvalue weighted by atomic mass is 16.5. The molecule has 1 aliphatic heterocycles. The monoisotopic (exact) mass is 257 g/mol. The fourth-order valence-electron chi connectivity index (χ4n) is 1.76. The molecule has 1 fully saturated rings. The molecule has 1 N–H and O–H groups in total. The minimum atomic E-state index is -0.255. The van der Waals surface area contributed by atoms with Crippen LogP contribution in [0.4, 0.5) is 0 Å². The first-order chi connectivity index (χ1) is 8.37. The van der Waals surface area contributed by atoms with Crippen molar-refractivity contribution in [1.82, 2.24) is 15.1 Å². The molecular weight excluding hydrogens is 230 g/mol. The van der Waals surface area contributed by atoms with Gasteiger partial charge in [-0.05, 0) is 27.8 Å². The Balaban J connectivity index is 2.05. The topological polar surface area (TPSA) is 44.8 Å². The number of hydrogen-bond donors (Lipinski definition) is 1. The molecule has 5 nitrogen and oxygen atoms in total. The van der Waals surface area contributed by atoms with Gasteiger partial charge < -0.3 is 15.0 Å². The molecule has 0 aliphatic carbocycles. The molecule has 1 heterocycles. The highest BCUT2D eigenvalue weighted by molar-refractivity contribution is 5.77. The van der Waals surface area contributed by atoms with Gasteiger partial charge in [-0.15, -0.1) is 0 Å². The Kier molecular flexibility index (Phi) is 6.05. The lowest BCUT2D eigenvalue weighted by molar-refractivity contribution is -0.130. The standard InChI is InChI=1S/C13H27N3O2/c1-13(2,3)18-11-12(17)14-5-6-16-9-7-15(4)8-10-16/h5-11H2,1-4H3,(H,14,17). The smallest absolute Gasteiger partial charge is 0.246 e. The first kappa shape index (κ1) is 15.4. The lowest BCUT2D eigenvalue weighted by Crippen LogP contribution is -2.47. The van der Waals surface area contributed by atoms with Crippen LogP contribution in [0.3, 0.4) is 0 Å². The molecule has 106 valence electrons.